The van der Waals surface area contributed by atoms with Gasteiger partial charge in [-0.3, -0.25) is 0 Å². The average molecular weight is 770 g/mol. The lowest BCUT2D eigenvalue weighted by Crippen LogP contribution is -2.22. The van der Waals surface area contributed by atoms with Crippen molar-refractivity contribution in [2.75, 3.05) is 9.80 Å². The number of nitrogens with zero attached hydrogens (tertiary/aromatic N) is 3. The minimum atomic E-state index is -0.0389. The van der Waals surface area contributed by atoms with Crippen molar-refractivity contribution in [1.82, 2.24) is 4.57 Å². The molecular weight excluding hydrogens is 727 g/mol. The second-order valence-electron chi connectivity index (χ2n) is 16.5. The number of benzene rings is 9. The van der Waals surface area contributed by atoms with Gasteiger partial charge in [-0.1, -0.05) is 121 Å². The van der Waals surface area contributed by atoms with Crippen LogP contribution < -0.4 is 9.80 Å². The molecule has 0 aliphatic heterocycles. The highest BCUT2D eigenvalue weighted by atomic mass is 15.1. The number of aromatic nitrogens is 1. The Morgan fingerprint density at radius 3 is 1.43 bits per heavy atom. The van der Waals surface area contributed by atoms with Crippen molar-refractivity contribution in [3.8, 4) is 5.69 Å². The van der Waals surface area contributed by atoms with E-state index in [2.05, 4.69) is 227 Å². The van der Waals surface area contributed by atoms with Crippen LogP contribution in [0.2, 0.25) is 0 Å². The first-order chi connectivity index (χ1) is 29.7. The zero-order valence-electron chi connectivity index (χ0n) is 33.4. The number of anilines is 6. The van der Waals surface area contributed by atoms with Gasteiger partial charge in [0.1, 0.15) is 0 Å². The third-order valence-corrected chi connectivity index (χ3v) is 13.3. The topological polar surface area (TPSA) is 11.4 Å². The molecule has 0 amide bonds. The zero-order chi connectivity index (χ0) is 39.6. The van der Waals surface area contributed by atoms with Crippen LogP contribution >= 0.6 is 0 Å². The second-order valence-corrected chi connectivity index (χ2v) is 16.5. The van der Waals surface area contributed by atoms with Gasteiger partial charge in [-0.05, 0) is 150 Å². The van der Waals surface area contributed by atoms with E-state index < -0.39 is 0 Å². The van der Waals surface area contributed by atoms with Gasteiger partial charge in [0.15, 0.2) is 0 Å². The van der Waals surface area contributed by atoms with Crippen molar-refractivity contribution in [3.63, 3.8) is 0 Å². The minimum absolute atomic E-state index is 0.0389. The van der Waals surface area contributed by atoms with Gasteiger partial charge >= 0.3 is 0 Å². The lowest BCUT2D eigenvalue weighted by Gasteiger charge is -2.31. The highest BCUT2D eigenvalue weighted by Gasteiger charge is 2.45. The molecule has 1 aromatic heterocycles. The van der Waals surface area contributed by atoms with E-state index in [1.54, 1.807) is 0 Å². The average Bonchev–Trinajstić information content (AvgIpc) is 3.99. The van der Waals surface area contributed by atoms with Gasteiger partial charge in [0.2, 0.25) is 0 Å². The highest BCUT2D eigenvalue weighted by Crippen LogP contribution is 2.55. The predicted octanol–water partition coefficient (Wildman–Crippen LogP) is 15.1. The predicted molar refractivity (Wildman–Crippen MR) is 252 cm³/mol. The summed E-state index contributed by atoms with van der Waals surface area (Å²) in [5, 5.41) is 5.09. The largest absolute Gasteiger partial charge is 0.310 e. The van der Waals surface area contributed by atoms with E-state index in [0.29, 0.717) is 0 Å². The van der Waals surface area contributed by atoms with Gasteiger partial charge in [0.25, 0.3) is 0 Å². The molecule has 0 saturated carbocycles. The Morgan fingerprint density at radius 1 is 0.367 bits per heavy atom. The number of hydrogen-bond acceptors (Lipinski definition) is 2. The van der Waals surface area contributed by atoms with Gasteiger partial charge in [-0.15, -0.1) is 0 Å². The van der Waals surface area contributed by atoms with Gasteiger partial charge in [-0.2, -0.15) is 0 Å². The van der Waals surface area contributed by atoms with E-state index in [4.69, 9.17) is 0 Å². The van der Waals surface area contributed by atoms with Crippen LogP contribution in [0.15, 0.2) is 212 Å². The Kier molecular flexibility index (Phi) is 8.02. The standard InChI is InChI=1S/C57H43N3/c1-5-16-43(17-6-1)58(44-18-7-2-8-19-44)47-28-25-41-33-35-57(52(41)37-47)36-34-42-26-29-48(38-53(42)57)59(45-20-9-3-10-21-45)49-30-31-51-55(39-49)60(46-22-11-4-12-23-46)54-32-27-40-15-13-14-24-50(40)56(51)54/h1-32,37-39H,33-36H2/t57-/m1/s1. The Labute approximate surface area is 351 Å². The summed E-state index contributed by atoms with van der Waals surface area (Å²) in [6, 6.07) is 78.3. The van der Waals surface area contributed by atoms with E-state index in [1.807, 2.05) is 0 Å². The number of para-hydroxylation sites is 4. The van der Waals surface area contributed by atoms with Crippen molar-refractivity contribution in [3.05, 3.63) is 235 Å². The molecule has 10 aromatic rings. The molecule has 0 radical (unpaired) electrons. The van der Waals surface area contributed by atoms with Crippen LogP contribution in [0.25, 0.3) is 38.3 Å². The Balaban J connectivity index is 1.02. The van der Waals surface area contributed by atoms with Crippen molar-refractivity contribution in [2.45, 2.75) is 31.1 Å². The van der Waals surface area contributed by atoms with Gasteiger partial charge < -0.3 is 14.4 Å². The first-order valence-corrected chi connectivity index (χ1v) is 21.3. The maximum absolute atomic E-state index is 2.54. The number of aryl methyl sites for hydroxylation is 2. The van der Waals surface area contributed by atoms with E-state index in [-0.39, 0.29) is 5.41 Å². The van der Waals surface area contributed by atoms with Gasteiger partial charge in [0.05, 0.1) is 11.0 Å². The molecule has 60 heavy (non-hydrogen) atoms. The summed E-state index contributed by atoms with van der Waals surface area (Å²) in [4.78, 5) is 4.87. The summed E-state index contributed by atoms with van der Waals surface area (Å²) in [5.41, 5.74) is 16.5. The molecule has 0 saturated heterocycles. The molecule has 0 unspecified atom stereocenters. The summed E-state index contributed by atoms with van der Waals surface area (Å²) in [5.74, 6) is 0. The van der Waals surface area contributed by atoms with E-state index in [0.717, 1.165) is 42.7 Å². The first-order valence-electron chi connectivity index (χ1n) is 21.3. The molecule has 2 aliphatic carbocycles. The van der Waals surface area contributed by atoms with E-state index in [9.17, 15) is 0 Å². The maximum atomic E-state index is 2.54. The van der Waals surface area contributed by atoms with Crippen molar-refractivity contribution in [2.24, 2.45) is 0 Å². The minimum Gasteiger partial charge on any atom is -0.310 e. The Hall–Kier alpha value is -7.36. The van der Waals surface area contributed by atoms with Crippen LogP contribution in [0.5, 0.6) is 0 Å². The normalized spacial score (nSPS) is 15.5. The third-order valence-electron chi connectivity index (χ3n) is 13.3. The zero-order valence-corrected chi connectivity index (χ0v) is 33.4. The number of rotatable bonds is 7. The van der Waals surface area contributed by atoms with E-state index >= 15 is 0 Å². The molecule has 0 bridgehead atoms. The van der Waals surface area contributed by atoms with Crippen LogP contribution in [-0.4, -0.2) is 4.57 Å². The SMILES string of the molecule is c1ccc(N(c2ccccc2)c2ccc3c(c2)[C@@]2(CC3)CCc3ccc(N(c4ccccc4)c4ccc5c6c7ccccc7ccc6n(-c6ccccc6)c5c4)cc32)cc1. The lowest BCUT2D eigenvalue weighted by atomic mass is 9.76. The van der Waals surface area contributed by atoms with Crippen LogP contribution in [0.3, 0.4) is 0 Å². The highest BCUT2D eigenvalue weighted by molar-refractivity contribution is 6.21. The lowest BCUT2D eigenvalue weighted by molar-refractivity contribution is 0.507. The smallest absolute Gasteiger partial charge is 0.0562 e. The number of fused-ring (bicyclic) bond motifs is 9. The molecule has 3 heteroatoms. The quantitative estimate of drug-likeness (QED) is 0.160. The maximum Gasteiger partial charge on any atom is 0.0562 e. The van der Waals surface area contributed by atoms with E-state index in [1.165, 1.54) is 77.6 Å². The second kappa shape index (κ2) is 13.9. The third kappa shape index (κ3) is 5.43. The molecule has 12 rings (SSSR count). The number of hydrogen-bond donors (Lipinski definition) is 0. The van der Waals surface area contributed by atoms with Crippen LogP contribution in [0, 0.1) is 0 Å². The Morgan fingerprint density at radius 2 is 0.850 bits per heavy atom. The summed E-state index contributed by atoms with van der Waals surface area (Å²) >= 11 is 0. The molecule has 9 aromatic carbocycles. The summed E-state index contributed by atoms with van der Waals surface area (Å²) in [7, 11) is 0. The fraction of sp³-hybridized carbons (Fsp3) is 0.0877. The summed E-state index contributed by atoms with van der Waals surface area (Å²) in [6.07, 6.45) is 4.43. The van der Waals surface area contributed by atoms with Gasteiger partial charge in [-0.25, -0.2) is 0 Å². The fourth-order valence-electron chi connectivity index (χ4n) is 10.6. The van der Waals surface area contributed by atoms with Crippen molar-refractivity contribution >= 4 is 66.7 Å². The molecule has 0 N–H and O–H groups in total. The van der Waals surface area contributed by atoms with Gasteiger partial charge in [0, 0.05) is 56.0 Å². The van der Waals surface area contributed by atoms with Crippen LogP contribution in [-0.2, 0) is 18.3 Å². The van der Waals surface area contributed by atoms with Crippen LogP contribution in [0.4, 0.5) is 34.1 Å². The fourth-order valence-corrected chi connectivity index (χ4v) is 10.6. The first kappa shape index (κ1) is 34.7. The molecule has 286 valence electrons. The van der Waals surface area contributed by atoms with Crippen LogP contribution in [0.1, 0.15) is 35.1 Å². The molecule has 1 spiro atoms. The molecule has 1 heterocycles. The molecule has 0 fully saturated rings. The summed E-state index contributed by atoms with van der Waals surface area (Å²) < 4.78 is 2.45. The molecule has 3 nitrogen and oxygen atoms in total. The molecular formula is C57H43N3. The van der Waals surface area contributed by atoms with Crippen molar-refractivity contribution in [1.29, 1.82) is 0 Å². The Bertz CT molecular complexity index is 3160. The van der Waals surface area contributed by atoms with Crippen molar-refractivity contribution < 1.29 is 0 Å². The molecule has 1 atom stereocenters. The summed E-state index contributed by atoms with van der Waals surface area (Å²) in [6.45, 7) is 0. The monoisotopic (exact) mass is 769 g/mol. The molecule has 2 aliphatic rings.